The van der Waals surface area contributed by atoms with Crippen LogP contribution in [-0.2, 0) is 44.7 Å². The Bertz CT molecular complexity index is 962. The Kier molecular flexibility index (Phi) is 25.2. The van der Waals surface area contributed by atoms with E-state index in [1.807, 2.05) is 0 Å². The van der Waals surface area contributed by atoms with Crippen LogP contribution >= 0.6 is 0 Å². The van der Waals surface area contributed by atoms with Crippen LogP contribution in [0.4, 0.5) is 0 Å². The summed E-state index contributed by atoms with van der Waals surface area (Å²) in [6.07, 6.45) is 3.02. The summed E-state index contributed by atoms with van der Waals surface area (Å²) >= 11 is 0. The van der Waals surface area contributed by atoms with Crippen molar-refractivity contribution in [2.45, 2.75) is 45.5 Å². The zero-order valence-electron chi connectivity index (χ0n) is 24.8. The third-order valence-corrected chi connectivity index (χ3v) is 4.84. The molecule has 1 amide bonds. The van der Waals surface area contributed by atoms with Crippen LogP contribution in [0.25, 0.3) is 0 Å². The summed E-state index contributed by atoms with van der Waals surface area (Å²) in [5.41, 5.74) is 0.533. The van der Waals surface area contributed by atoms with E-state index in [4.69, 9.17) is 35.2 Å². The topological polar surface area (TPSA) is 196 Å². The molecule has 0 spiro atoms. The van der Waals surface area contributed by atoms with Crippen molar-refractivity contribution in [2.24, 2.45) is 0 Å². The summed E-state index contributed by atoms with van der Waals surface area (Å²) in [6.45, 7) is 3.22. The van der Waals surface area contributed by atoms with Crippen LogP contribution in [0.2, 0.25) is 0 Å². The summed E-state index contributed by atoms with van der Waals surface area (Å²) in [4.78, 5) is 46.1. The summed E-state index contributed by atoms with van der Waals surface area (Å²) in [5.74, 6) is 0.307. The first-order valence-electron chi connectivity index (χ1n) is 12.8. The molecular formula is C28H43NO13. The molecule has 1 rings (SSSR count). The molecule has 0 aliphatic rings. The van der Waals surface area contributed by atoms with Crippen LogP contribution in [0, 0.1) is 12.3 Å². The smallest absolute Gasteiger partial charge is 0.347 e. The lowest BCUT2D eigenvalue weighted by atomic mass is 10.1. The van der Waals surface area contributed by atoms with E-state index in [9.17, 15) is 29.4 Å². The summed E-state index contributed by atoms with van der Waals surface area (Å²) in [7, 11) is 3.52. The lowest BCUT2D eigenvalue weighted by Gasteiger charge is -2.23. The molecule has 0 heterocycles. The van der Waals surface area contributed by atoms with Gasteiger partial charge in [0, 0.05) is 47.0 Å². The molecule has 0 fully saturated rings. The Morgan fingerprint density at radius 2 is 1.62 bits per heavy atom. The number of amides is 1. The maximum Gasteiger partial charge on any atom is 0.347 e. The fourth-order valence-electron chi connectivity index (χ4n) is 2.96. The minimum absolute atomic E-state index is 0.0595. The second-order valence-corrected chi connectivity index (χ2v) is 7.92. The van der Waals surface area contributed by atoms with Crippen molar-refractivity contribution < 1.29 is 62.9 Å². The van der Waals surface area contributed by atoms with Crippen LogP contribution in [0.1, 0.15) is 42.6 Å². The van der Waals surface area contributed by atoms with Gasteiger partial charge in [-0.05, 0) is 17.7 Å². The summed E-state index contributed by atoms with van der Waals surface area (Å²) < 4.78 is 30.3. The third-order valence-electron chi connectivity index (χ3n) is 4.84. The van der Waals surface area contributed by atoms with E-state index in [1.54, 1.807) is 0 Å². The molecule has 0 radical (unpaired) electrons. The first kappa shape index (κ1) is 40.4. The van der Waals surface area contributed by atoms with Crippen molar-refractivity contribution in [1.29, 1.82) is 0 Å². The predicted molar refractivity (Wildman–Crippen MR) is 149 cm³/mol. The molecule has 42 heavy (non-hydrogen) atoms. The highest BCUT2D eigenvalue weighted by Gasteiger charge is 2.29. The Hall–Kier alpha value is -3.74. The number of aliphatic hydroxyl groups is 3. The second kappa shape index (κ2) is 26.2. The molecular weight excluding hydrogens is 558 g/mol. The van der Waals surface area contributed by atoms with E-state index in [-0.39, 0.29) is 63.1 Å². The quantitative estimate of drug-likeness (QED) is 0.0806. The van der Waals surface area contributed by atoms with Gasteiger partial charge in [-0.25, -0.2) is 4.79 Å². The number of ether oxygens (including phenoxy) is 6. The molecule has 0 bridgehead atoms. The Morgan fingerprint density at radius 3 is 2.14 bits per heavy atom. The van der Waals surface area contributed by atoms with Crippen molar-refractivity contribution in [2.75, 3.05) is 60.9 Å². The molecule has 0 aliphatic carbocycles. The van der Waals surface area contributed by atoms with Gasteiger partial charge in [0.15, 0.2) is 6.10 Å². The van der Waals surface area contributed by atoms with E-state index in [1.165, 1.54) is 46.3 Å². The van der Waals surface area contributed by atoms with Crippen LogP contribution < -0.4 is 10.1 Å². The van der Waals surface area contributed by atoms with Crippen LogP contribution in [0.15, 0.2) is 18.2 Å². The molecule has 14 heteroatoms. The van der Waals surface area contributed by atoms with Crippen molar-refractivity contribution in [3.8, 4) is 18.1 Å². The van der Waals surface area contributed by atoms with Gasteiger partial charge in [-0.2, -0.15) is 0 Å². The number of nitrogens with one attached hydrogen (secondary N) is 1. The zero-order chi connectivity index (χ0) is 32.3. The Morgan fingerprint density at radius 1 is 0.976 bits per heavy atom. The molecule has 0 saturated heterocycles. The van der Waals surface area contributed by atoms with Crippen molar-refractivity contribution in [1.82, 2.24) is 5.32 Å². The van der Waals surface area contributed by atoms with E-state index in [2.05, 4.69) is 16.0 Å². The molecule has 2 atom stereocenters. The molecule has 238 valence electrons. The normalized spacial score (nSPS) is 11.1. The van der Waals surface area contributed by atoms with Crippen LogP contribution in [0.3, 0.4) is 0 Å². The number of carbonyl (C=O) groups excluding carboxylic acids is 4. The molecule has 14 nitrogen and oxygen atoms in total. The molecule has 0 saturated carbocycles. The first-order valence-corrected chi connectivity index (χ1v) is 12.8. The average molecular weight is 602 g/mol. The Labute approximate surface area is 246 Å². The second-order valence-electron chi connectivity index (χ2n) is 7.92. The van der Waals surface area contributed by atoms with Crippen molar-refractivity contribution in [3.63, 3.8) is 0 Å². The molecule has 1 aromatic rings. The van der Waals surface area contributed by atoms with E-state index >= 15 is 0 Å². The predicted octanol–water partition coefficient (Wildman–Crippen LogP) is -0.0125. The monoisotopic (exact) mass is 601 g/mol. The van der Waals surface area contributed by atoms with Gasteiger partial charge >= 0.3 is 17.9 Å². The minimum atomic E-state index is -1.23. The van der Waals surface area contributed by atoms with E-state index < -0.39 is 30.1 Å². The van der Waals surface area contributed by atoms with Crippen LogP contribution in [-0.4, -0.2) is 112 Å². The molecule has 2 unspecified atom stereocenters. The van der Waals surface area contributed by atoms with Gasteiger partial charge in [0.05, 0.1) is 46.2 Å². The fraction of sp³-hybridized carbons (Fsp3) is 0.571. The maximum absolute atomic E-state index is 12.8. The highest BCUT2D eigenvalue weighted by atomic mass is 16.6. The third kappa shape index (κ3) is 19.4. The highest BCUT2D eigenvalue weighted by Crippen LogP contribution is 2.24. The minimum Gasteiger partial charge on any atom is -0.478 e. The number of aliphatic hydroxyl groups excluding tert-OH is 3. The number of benzene rings is 1. The number of rotatable bonds is 17. The van der Waals surface area contributed by atoms with Crippen LogP contribution in [0.5, 0.6) is 5.75 Å². The molecule has 0 aromatic heterocycles. The van der Waals surface area contributed by atoms with Crippen molar-refractivity contribution in [3.05, 3.63) is 29.3 Å². The van der Waals surface area contributed by atoms with E-state index in [0.29, 0.717) is 18.8 Å². The number of esters is 3. The van der Waals surface area contributed by atoms with Gasteiger partial charge in [0.25, 0.3) is 5.91 Å². The number of hydrogen-bond acceptors (Lipinski definition) is 13. The van der Waals surface area contributed by atoms with Gasteiger partial charge in [0.2, 0.25) is 0 Å². The average Bonchev–Trinajstić information content (AvgIpc) is 2.98. The lowest BCUT2D eigenvalue weighted by Crippen LogP contribution is -2.35. The number of terminal acetylenes is 1. The standard InChI is InChI=1S/C24H33NO10.C3H6O2.CH4O/c1-4-10-32-12-13-33-11-8-25-23(29)20-14-18(16-27)5-6-21(20)35-22(24(30)31-3)15-19(7-9-26)34-17(2)28;1-3(4)5-2;1-2/h1,5-6,14,19,22,26-27H,7-13,15-16H2,2-3H3,(H,25,29);1-2H3;2H,1H3. The SMILES string of the molecule is C#CCOCCOCCNC(=O)c1cc(CO)ccc1OC(CC(CCO)OC(C)=O)C(=O)OC.CO.COC(C)=O. The van der Waals surface area contributed by atoms with Gasteiger partial charge in [-0.1, -0.05) is 12.0 Å². The van der Waals surface area contributed by atoms with Gasteiger partial charge < -0.3 is 49.1 Å². The maximum atomic E-state index is 12.8. The van der Waals surface area contributed by atoms with Crippen molar-refractivity contribution >= 4 is 23.8 Å². The molecule has 1 aromatic carbocycles. The number of hydrogen-bond donors (Lipinski definition) is 4. The first-order chi connectivity index (χ1) is 20.1. The van der Waals surface area contributed by atoms with Gasteiger partial charge in [0.1, 0.15) is 18.5 Å². The molecule has 4 N–H and O–H groups in total. The lowest BCUT2D eigenvalue weighted by molar-refractivity contribution is -0.156. The van der Waals surface area contributed by atoms with E-state index in [0.717, 1.165) is 7.11 Å². The summed E-state index contributed by atoms with van der Waals surface area (Å²) in [6, 6.07) is 4.42. The van der Waals surface area contributed by atoms with Gasteiger partial charge in [-0.15, -0.1) is 6.42 Å². The largest absolute Gasteiger partial charge is 0.478 e. The fourth-order valence-corrected chi connectivity index (χ4v) is 2.96. The summed E-state index contributed by atoms with van der Waals surface area (Å²) in [5, 5.41) is 28.4. The number of carbonyl (C=O) groups is 4. The van der Waals surface area contributed by atoms with Gasteiger partial charge in [-0.3, -0.25) is 14.4 Å². The Balaban J connectivity index is 0. The highest BCUT2D eigenvalue weighted by molar-refractivity contribution is 5.97. The molecule has 0 aliphatic heterocycles. The number of methoxy groups -OCH3 is 2. The zero-order valence-corrected chi connectivity index (χ0v) is 24.8.